The van der Waals surface area contributed by atoms with E-state index in [2.05, 4.69) is 0 Å². The molecule has 10 atom stereocenters. The molecular formula is C14H16O2. The van der Waals surface area contributed by atoms with Gasteiger partial charge in [-0.2, -0.15) is 0 Å². The molecule has 16 heavy (non-hydrogen) atoms. The molecule has 2 heterocycles. The number of hydrogen-bond acceptors (Lipinski definition) is 2. The second kappa shape index (κ2) is 1.81. The molecule has 5 saturated carbocycles. The Morgan fingerprint density at radius 1 is 0.562 bits per heavy atom. The summed E-state index contributed by atoms with van der Waals surface area (Å²) in [6, 6.07) is 0. The molecule has 0 amide bonds. The molecule has 0 N–H and O–H groups in total. The van der Waals surface area contributed by atoms with E-state index < -0.39 is 0 Å². The van der Waals surface area contributed by atoms with Crippen LogP contribution < -0.4 is 0 Å². The van der Waals surface area contributed by atoms with Crippen LogP contribution in [0.2, 0.25) is 0 Å². The molecule has 7 aliphatic rings. The van der Waals surface area contributed by atoms with Crippen molar-refractivity contribution >= 4 is 0 Å². The van der Waals surface area contributed by atoms with Crippen molar-refractivity contribution < 1.29 is 9.47 Å². The summed E-state index contributed by atoms with van der Waals surface area (Å²) < 4.78 is 12.0. The number of epoxide rings is 2. The molecule has 0 radical (unpaired) electrons. The summed E-state index contributed by atoms with van der Waals surface area (Å²) in [6.45, 7) is 0. The Morgan fingerprint density at radius 3 is 1.69 bits per heavy atom. The number of ether oxygens (including phenoxy) is 2. The van der Waals surface area contributed by atoms with Gasteiger partial charge in [0.25, 0.3) is 0 Å². The average Bonchev–Trinajstić information content (AvgIpc) is 3.00. The maximum atomic E-state index is 5.98. The van der Waals surface area contributed by atoms with Crippen LogP contribution in [0, 0.1) is 47.3 Å². The summed E-state index contributed by atoms with van der Waals surface area (Å²) in [5.74, 6) is 8.21. The van der Waals surface area contributed by atoms with Gasteiger partial charge in [-0.1, -0.05) is 0 Å². The van der Waals surface area contributed by atoms with Crippen LogP contribution in [0.5, 0.6) is 0 Å². The second-order valence-corrected chi connectivity index (χ2v) is 7.58. The van der Waals surface area contributed by atoms with Crippen molar-refractivity contribution in [2.75, 3.05) is 0 Å². The third-order valence-electron chi connectivity index (χ3n) is 7.63. The standard InChI is InChI=1S/C14H16O2/c1-3-2-5-8-6(3)7-4(1)11-13(15-11)9(7)10(8)14-12(5)16-14/h3-14H,1-2H2. The van der Waals surface area contributed by atoms with E-state index in [1.165, 1.54) is 12.8 Å². The normalized spacial score (nSPS) is 87.0. The Labute approximate surface area is 94.7 Å². The summed E-state index contributed by atoms with van der Waals surface area (Å²) in [6.07, 6.45) is 5.83. The van der Waals surface area contributed by atoms with Crippen LogP contribution in [0.3, 0.4) is 0 Å². The SMILES string of the molecule is C1C2CC3C4OC4C4C3C2C2C1C1OC1C24. The van der Waals surface area contributed by atoms with E-state index in [1.807, 2.05) is 0 Å². The largest absolute Gasteiger partial charge is 0.369 e. The first-order valence-electron chi connectivity index (χ1n) is 7.24. The summed E-state index contributed by atoms with van der Waals surface area (Å²) >= 11 is 0. The van der Waals surface area contributed by atoms with Gasteiger partial charge in [-0.05, 0) is 60.2 Å². The molecule has 2 nitrogen and oxygen atoms in total. The van der Waals surface area contributed by atoms with E-state index in [1.54, 1.807) is 0 Å². The lowest BCUT2D eigenvalue weighted by Crippen LogP contribution is -2.23. The fraction of sp³-hybridized carbons (Fsp3) is 1.00. The van der Waals surface area contributed by atoms with Gasteiger partial charge in [0.2, 0.25) is 0 Å². The third kappa shape index (κ3) is 0.504. The van der Waals surface area contributed by atoms with E-state index in [-0.39, 0.29) is 0 Å². The molecule has 0 aromatic heterocycles. The van der Waals surface area contributed by atoms with Gasteiger partial charge >= 0.3 is 0 Å². The van der Waals surface area contributed by atoms with Crippen LogP contribution in [0.1, 0.15) is 12.8 Å². The molecule has 0 aromatic carbocycles. The quantitative estimate of drug-likeness (QED) is 0.570. The lowest BCUT2D eigenvalue weighted by molar-refractivity contribution is 0.122. The summed E-state index contributed by atoms with van der Waals surface area (Å²) in [5.41, 5.74) is 0. The van der Waals surface area contributed by atoms with Crippen molar-refractivity contribution in [3.05, 3.63) is 0 Å². The van der Waals surface area contributed by atoms with Crippen LogP contribution in [-0.2, 0) is 9.47 Å². The zero-order valence-corrected chi connectivity index (χ0v) is 9.16. The van der Waals surface area contributed by atoms with Crippen molar-refractivity contribution in [3.8, 4) is 0 Å². The molecule has 2 heteroatoms. The Bertz CT molecular complexity index is 396. The van der Waals surface area contributed by atoms with Gasteiger partial charge in [-0.3, -0.25) is 0 Å². The number of fused-ring (bicyclic) bond motifs is 7. The van der Waals surface area contributed by atoms with E-state index in [0.717, 1.165) is 47.3 Å². The fourth-order valence-corrected chi connectivity index (χ4v) is 7.64. The highest BCUT2D eigenvalue weighted by Gasteiger charge is 2.82. The molecule has 10 unspecified atom stereocenters. The molecule has 0 aromatic rings. The van der Waals surface area contributed by atoms with Crippen LogP contribution >= 0.6 is 0 Å². The third-order valence-corrected chi connectivity index (χ3v) is 7.63. The molecule has 84 valence electrons. The highest BCUT2D eigenvalue weighted by molar-refractivity contribution is 5.29. The molecule has 2 aliphatic heterocycles. The first-order chi connectivity index (χ1) is 7.93. The van der Waals surface area contributed by atoms with Gasteiger partial charge in [0.15, 0.2) is 0 Å². The fourth-order valence-electron chi connectivity index (χ4n) is 7.64. The molecule has 0 spiro atoms. The number of hydrogen-bond donors (Lipinski definition) is 0. The molecular weight excluding hydrogens is 200 g/mol. The molecule has 5 aliphatic carbocycles. The maximum absolute atomic E-state index is 5.98. The topological polar surface area (TPSA) is 25.1 Å². The van der Waals surface area contributed by atoms with Crippen molar-refractivity contribution in [2.45, 2.75) is 37.3 Å². The van der Waals surface area contributed by atoms with Crippen LogP contribution in [0.15, 0.2) is 0 Å². The van der Waals surface area contributed by atoms with E-state index in [0.29, 0.717) is 24.4 Å². The lowest BCUT2D eigenvalue weighted by Gasteiger charge is -2.21. The Kier molecular flexibility index (Phi) is 0.836. The highest BCUT2D eigenvalue weighted by Crippen LogP contribution is 2.80. The smallest absolute Gasteiger partial charge is 0.0879 e. The predicted molar refractivity (Wildman–Crippen MR) is 54.5 cm³/mol. The van der Waals surface area contributed by atoms with Crippen molar-refractivity contribution in [2.24, 2.45) is 47.3 Å². The summed E-state index contributed by atoms with van der Waals surface area (Å²) in [7, 11) is 0. The van der Waals surface area contributed by atoms with Gasteiger partial charge in [-0.25, -0.2) is 0 Å². The highest BCUT2D eigenvalue weighted by atomic mass is 16.6. The molecule has 2 saturated heterocycles. The van der Waals surface area contributed by atoms with Crippen molar-refractivity contribution in [1.82, 2.24) is 0 Å². The molecule has 7 fully saturated rings. The van der Waals surface area contributed by atoms with Gasteiger partial charge < -0.3 is 9.47 Å². The second-order valence-electron chi connectivity index (χ2n) is 7.58. The minimum Gasteiger partial charge on any atom is -0.369 e. The Balaban J connectivity index is 1.52. The predicted octanol–water partition coefficient (Wildman–Crippen LogP) is 1.30. The monoisotopic (exact) mass is 216 g/mol. The van der Waals surface area contributed by atoms with Gasteiger partial charge in [0, 0.05) is 0 Å². The zero-order chi connectivity index (χ0) is 9.76. The first-order valence-corrected chi connectivity index (χ1v) is 7.24. The van der Waals surface area contributed by atoms with E-state index in [4.69, 9.17) is 9.47 Å². The minimum atomic E-state index is 0.690. The first kappa shape index (κ1) is 7.38. The van der Waals surface area contributed by atoms with E-state index in [9.17, 15) is 0 Å². The van der Waals surface area contributed by atoms with Gasteiger partial charge in [-0.15, -0.1) is 0 Å². The van der Waals surface area contributed by atoms with Crippen molar-refractivity contribution in [1.29, 1.82) is 0 Å². The van der Waals surface area contributed by atoms with Crippen LogP contribution in [0.4, 0.5) is 0 Å². The maximum Gasteiger partial charge on any atom is 0.0879 e. The Morgan fingerprint density at radius 2 is 1.12 bits per heavy atom. The summed E-state index contributed by atoms with van der Waals surface area (Å²) in [4.78, 5) is 0. The van der Waals surface area contributed by atoms with Gasteiger partial charge in [0.1, 0.15) is 0 Å². The van der Waals surface area contributed by atoms with Crippen LogP contribution in [-0.4, -0.2) is 24.4 Å². The molecule has 7 rings (SSSR count). The Hall–Kier alpha value is -0.0800. The lowest BCUT2D eigenvalue weighted by atomic mass is 9.86. The minimum absolute atomic E-state index is 0.690. The van der Waals surface area contributed by atoms with Crippen LogP contribution in [0.25, 0.3) is 0 Å². The van der Waals surface area contributed by atoms with Gasteiger partial charge in [0.05, 0.1) is 24.4 Å². The van der Waals surface area contributed by atoms with Crippen molar-refractivity contribution in [3.63, 3.8) is 0 Å². The zero-order valence-electron chi connectivity index (χ0n) is 9.16. The molecule has 0 bridgehead atoms. The average molecular weight is 216 g/mol. The summed E-state index contributed by atoms with van der Waals surface area (Å²) in [5, 5.41) is 0. The van der Waals surface area contributed by atoms with E-state index >= 15 is 0 Å². The number of rotatable bonds is 0.